The van der Waals surface area contributed by atoms with Crippen molar-refractivity contribution >= 4 is 10.1 Å². The standard InChI is InChI=1S/C19H24O5S.K/c1-2-3-4-5-6-11-17-18(20)12-8-13-19(17)24-15-9-7-10-16(14-15)25(21,22)23;/h7-10,12-14,20H,2-6,11H2,1H3,(H,21,22,23);/q;+1/p-1. The smallest absolute Gasteiger partial charge is 0.872 e. The Labute approximate surface area is 198 Å². The second-order valence-corrected chi connectivity index (χ2v) is 7.37. The molecule has 7 heteroatoms. The molecular formula is C19H23KO5S. The molecule has 0 fully saturated rings. The van der Waals surface area contributed by atoms with Gasteiger partial charge in [0.1, 0.15) is 11.5 Å². The Morgan fingerprint density at radius 2 is 1.73 bits per heavy atom. The Balaban J connectivity index is 0.00000338. The maximum absolute atomic E-state index is 12.2. The zero-order valence-electron chi connectivity index (χ0n) is 15.3. The van der Waals surface area contributed by atoms with Crippen LogP contribution < -0.4 is 61.2 Å². The fraction of sp³-hybridized carbons (Fsp3) is 0.368. The molecule has 0 saturated carbocycles. The van der Waals surface area contributed by atoms with Crippen molar-refractivity contribution in [2.24, 2.45) is 0 Å². The van der Waals surface area contributed by atoms with Gasteiger partial charge in [-0.1, -0.05) is 50.8 Å². The molecule has 0 bridgehead atoms. The first kappa shape index (κ1) is 23.6. The van der Waals surface area contributed by atoms with Crippen LogP contribution in [0.2, 0.25) is 0 Å². The van der Waals surface area contributed by atoms with E-state index in [9.17, 15) is 13.5 Å². The summed E-state index contributed by atoms with van der Waals surface area (Å²) < 4.78 is 37.3. The normalized spacial score (nSPS) is 11.0. The van der Waals surface area contributed by atoms with Crippen LogP contribution in [-0.4, -0.2) is 13.0 Å². The molecule has 0 aliphatic rings. The van der Waals surface area contributed by atoms with Crippen molar-refractivity contribution in [2.45, 2.75) is 50.3 Å². The first-order valence-electron chi connectivity index (χ1n) is 8.46. The Morgan fingerprint density at radius 1 is 1.04 bits per heavy atom. The molecule has 2 aromatic carbocycles. The number of unbranched alkanes of at least 4 members (excludes halogenated alkanes) is 4. The van der Waals surface area contributed by atoms with Crippen LogP contribution in [0.4, 0.5) is 0 Å². The molecule has 0 aliphatic carbocycles. The van der Waals surface area contributed by atoms with Crippen LogP contribution in [0.15, 0.2) is 47.4 Å². The summed E-state index contributed by atoms with van der Waals surface area (Å²) in [4.78, 5) is -0.246. The summed E-state index contributed by atoms with van der Waals surface area (Å²) in [6, 6.07) is 10.4. The summed E-state index contributed by atoms with van der Waals surface area (Å²) in [5.74, 6) is 0.599. The third-order valence-corrected chi connectivity index (χ3v) is 4.80. The Morgan fingerprint density at radius 3 is 2.42 bits per heavy atom. The van der Waals surface area contributed by atoms with Crippen LogP contribution in [0.3, 0.4) is 0 Å². The molecule has 1 N–H and O–H groups in total. The molecule has 5 nitrogen and oxygen atoms in total. The van der Waals surface area contributed by atoms with E-state index in [-0.39, 0.29) is 67.8 Å². The second kappa shape index (κ2) is 11.4. The van der Waals surface area contributed by atoms with Gasteiger partial charge in [-0.05, 0) is 36.6 Å². The minimum Gasteiger partial charge on any atom is -0.872 e. The van der Waals surface area contributed by atoms with Crippen molar-refractivity contribution in [3.8, 4) is 17.2 Å². The van der Waals surface area contributed by atoms with Gasteiger partial charge < -0.3 is 9.84 Å². The molecule has 0 aromatic heterocycles. The van der Waals surface area contributed by atoms with Crippen molar-refractivity contribution in [3.05, 3.63) is 48.0 Å². The third-order valence-electron chi connectivity index (χ3n) is 3.95. The van der Waals surface area contributed by atoms with Gasteiger partial charge in [-0.15, -0.1) is 5.75 Å². The van der Waals surface area contributed by atoms with Crippen molar-refractivity contribution in [2.75, 3.05) is 0 Å². The molecule has 2 rings (SSSR count). The molecule has 0 heterocycles. The summed E-state index contributed by atoms with van der Waals surface area (Å²) in [5, 5.41) is 12.2. The molecule has 0 saturated heterocycles. The van der Waals surface area contributed by atoms with Crippen LogP contribution >= 0.6 is 0 Å². The van der Waals surface area contributed by atoms with Crippen LogP contribution in [0.25, 0.3) is 0 Å². The van der Waals surface area contributed by atoms with E-state index in [1.54, 1.807) is 18.2 Å². The summed E-state index contributed by atoms with van der Waals surface area (Å²) in [7, 11) is -4.30. The average Bonchev–Trinajstić information content (AvgIpc) is 2.56. The van der Waals surface area contributed by atoms with Gasteiger partial charge in [0.2, 0.25) is 0 Å². The van der Waals surface area contributed by atoms with Crippen LogP contribution in [-0.2, 0) is 16.5 Å². The van der Waals surface area contributed by atoms with Gasteiger partial charge in [0.15, 0.2) is 0 Å². The molecule has 26 heavy (non-hydrogen) atoms. The third kappa shape index (κ3) is 7.30. The average molecular weight is 403 g/mol. The topological polar surface area (TPSA) is 86.7 Å². The maximum atomic E-state index is 12.2. The Bertz CT molecular complexity index is 805. The van der Waals surface area contributed by atoms with Gasteiger partial charge in [0.05, 0.1) is 4.90 Å². The van der Waals surface area contributed by atoms with Crippen molar-refractivity contribution in [3.63, 3.8) is 0 Å². The second-order valence-electron chi connectivity index (χ2n) is 5.95. The van der Waals surface area contributed by atoms with Crippen molar-refractivity contribution in [1.29, 1.82) is 0 Å². The van der Waals surface area contributed by atoms with E-state index >= 15 is 0 Å². The van der Waals surface area contributed by atoms with E-state index in [0.717, 1.165) is 25.7 Å². The van der Waals surface area contributed by atoms with Crippen molar-refractivity contribution in [1.82, 2.24) is 0 Å². The number of hydrogen-bond donors (Lipinski definition) is 1. The van der Waals surface area contributed by atoms with E-state index in [2.05, 4.69) is 6.92 Å². The zero-order valence-corrected chi connectivity index (χ0v) is 19.2. The Kier molecular flexibility index (Phi) is 10.4. The Hall–Kier alpha value is -0.414. The minimum absolute atomic E-state index is 0. The quantitative estimate of drug-likeness (QED) is 0.388. The molecule has 2 aromatic rings. The number of rotatable bonds is 9. The predicted molar refractivity (Wildman–Crippen MR) is 94.7 cm³/mol. The summed E-state index contributed by atoms with van der Waals surface area (Å²) in [6.45, 7) is 2.15. The summed E-state index contributed by atoms with van der Waals surface area (Å²) in [5.41, 5.74) is 0.594. The largest absolute Gasteiger partial charge is 1.00 e. The molecule has 0 amide bonds. The van der Waals surface area contributed by atoms with E-state index in [4.69, 9.17) is 9.29 Å². The molecular weight excluding hydrogens is 379 g/mol. The van der Waals surface area contributed by atoms with Gasteiger partial charge >= 0.3 is 51.4 Å². The molecule has 136 valence electrons. The van der Waals surface area contributed by atoms with E-state index < -0.39 is 10.1 Å². The molecule has 0 spiro atoms. The fourth-order valence-corrected chi connectivity index (χ4v) is 3.13. The maximum Gasteiger partial charge on any atom is 1.00 e. The zero-order chi connectivity index (χ0) is 18.3. The predicted octanol–water partition coefficient (Wildman–Crippen LogP) is 1.32. The van der Waals surface area contributed by atoms with Crippen LogP contribution in [0.1, 0.15) is 44.6 Å². The van der Waals surface area contributed by atoms with Gasteiger partial charge in [-0.2, -0.15) is 8.42 Å². The van der Waals surface area contributed by atoms with E-state index in [1.165, 1.54) is 30.7 Å². The monoisotopic (exact) mass is 402 g/mol. The molecule has 0 radical (unpaired) electrons. The van der Waals surface area contributed by atoms with Gasteiger partial charge in [0, 0.05) is 6.07 Å². The fourth-order valence-electron chi connectivity index (χ4n) is 2.62. The summed E-state index contributed by atoms with van der Waals surface area (Å²) in [6.07, 6.45) is 6.07. The van der Waals surface area contributed by atoms with Gasteiger partial charge in [-0.3, -0.25) is 4.55 Å². The molecule has 0 unspecified atom stereocenters. The summed E-state index contributed by atoms with van der Waals surface area (Å²) >= 11 is 0. The van der Waals surface area contributed by atoms with Gasteiger partial charge in [0.25, 0.3) is 10.1 Å². The SMILES string of the molecule is CCCCCCCc1c([O-])cccc1Oc1cccc(S(=O)(=O)O)c1.[K+]. The number of hydrogen-bond acceptors (Lipinski definition) is 4. The van der Waals surface area contributed by atoms with Crippen molar-refractivity contribution < 1.29 is 74.2 Å². The number of benzene rings is 2. The van der Waals surface area contributed by atoms with Gasteiger partial charge in [-0.25, -0.2) is 0 Å². The van der Waals surface area contributed by atoms with Crippen LogP contribution in [0.5, 0.6) is 17.2 Å². The first-order valence-corrected chi connectivity index (χ1v) is 9.90. The van der Waals surface area contributed by atoms with E-state index in [1.807, 2.05) is 0 Å². The number of ether oxygens (including phenoxy) is 1. The van der Waals surface area contributed by atoms with E-state index in [0.29, 0.717) is 17.7 Å². The molecule has 0 atom stereocenters. The molecule has 0 aliphatic heterocycles. The van der Waals surface area contributed by atoms with Crippen LogP contribution in [0, 0.1) is 0 Å². The minimum atomic E-state index is -4.30. The first-order chi connectivity index (χ1) is 11.9.